The summed E-state index contributed by atoms with van der Waals surface area (Å²) in [6.45, 7) is 6.30. The van der Waals surface area contributed by atoms with Gasteiger partial charge in [-0.3, -0.25) is 0 Å². The van der Waals surface area contributed by atoms with Crippen LogP contribution in [0.15, 0.2) is 18.2 Å². The first kappa shape index (κ1) is 17.6. The second kappa shape index (κ2) is 6.13. The highest BCUT2D eigenvalue weighted by Crippen LogP contribution is 2.25. The molecule has 0 aliphatic rings. The molecule has 0 bridgehead atoms. The molecule has 0 aliphatic heterocycles. The predicted octanol–water partition coefficient (Wildman–Crippen LogP) is 0.866. The van der Waals surface area contributed by atoms with Gasteiger partial charge in [-0.15, -0.1) is 0 Å². The van der Waals surface area contributed by atoms with Crippen LogP contribution in [-0.2, 0) is 9.39 Å². The summed E-state index contributed by atoms with van der Waals surface area (Å²) in [6.07, 6.45) is 0. The lowest BCUT2D eigenvalue weighted by atomic mass is 9.76. The van der Waals surface area contributed by atoms with Gasteiger partial charge < -0.3 is 19.5 Å². The zero-order valence-electron chi connectivity index (χ0n) is 12.8. The first-order valence-corrected chi connectivity index (χ1v) is 6.45. The molecule has 1 aromatic rings. The molecule has 0 unspecified atom stereocenters. The lowest BCUT2D eigenvalue weighted by Crippen LogP contribution is -2.53. The summed E-state index contributed by atoms with van der Waals surface area (Å²) in [4.78, 5) is 11.3. The summed E-state index contributed by atoms with van der Waals surface area (Å²) >= 11 is 0. The normalized spacial score (nSPS) is 12.2. The molecule has 0 saturated heterocycles. The van der Waals surface area contributed by atoms with Gasteiger partial charge in [0.1, 0.15) is 5.82 Å². The van der Waals surface area contributed by atoms with Crippen LogP contribution in [0.3, 0.4) is 0 Å². The van der Waals surface area contributed by atoms with Crippen LogP contribution in [0, 0.1) is 5.82 Å². The molecule has 0 amide bonds. The van der Waals surface area contributed by atoms with Crippen LogP contribution in [0.5, 0.6) is 0 Å². The first-order chi connectivity index (χ1) is 9.49. The van der Waals surface area contributed by atoms with Crippen LogP contribution >= 0.6 is 0 Å². The number of ether oxygens (including phenoxy) is 1. The fourth-order valence-electron chi connectivity index (χ4n) is 1.45. The number of methoxy groups -OCH3 is 1. The maximum atomic E-state index is 13.8. The minimum Gasteiger partial charge on any atom is -0.465 e. The van der Waals surface area contributed by atoms with E-state index in [9.17, 15) is 19.3 Å². The number of esters is 1. The Hall–Kier alpha value is -1.44. The van der Waals surface area contributed by atoms with Crippen molar-refractivity contribution in [1.82, 2.24) is 0 Å². The van der Waals surface area contributed by atoms with Gasteiger partial charge in [0, 0.05) is 0 Å². The highest BCUT2D eigenvalue weighted by Gasteiger charge is 2.39. The number of rotatable bonds is 5. The van der Waals surface area contributed by atoms with Crippen LogP contribution in [0.4, 0.5) is 4.39 Å². The molecule has 0 aromatic heterocycles. The molecule has 7 heteroatoms. The van der Waals surface area contributed by atoms with Crippen molar-refractivity contribution in [1.29, 1.82) is 0 Å². The number of carbonyl (C=O) groups is 1. The zero-order chi connectivity index (χ0) is 16.4. The van der Waals surface area contributed by atoms with Crippen molar-refractivity contribution in [3.8, 4) is 0 Å². The van der Waals surface area contributed by atoms with E-state index in [2.05, 4.69) is 4.74 Å². The maximum absolute atomic E-state index is 13.8. The van der Waals surface area contributed by atoms with Crippen molar-refractivity contribution in [2.45, 2.75) is 38.9 Å². The summed E-state index contributed by atoms with van der Waals surface area (Å²) in [5.41, 5.74) is -2.37. The number of halogens is 1. The minimum atomic E-state index is -1.44. The standard InChI is InChI=1S/C14H20BFO5/c1-13(2,18)14(3,4)21-15(19)9-6-7-10(11(16)8-9)12(17)20-5/h6-8,18-19H,1-5H3. The molecular weight excluding hydrogens is 278 g/mol. The van der Waals surface area contributed by atoms with E-state index in [4.69, 9.17) is 4.65 Å². The van der Waals surface area contributed by atoms with Crippen molar-refractivity contribution >= 4 is 18.6 Å². The Kier molecular flexibility index (Phi) is 5.14. The molecule has 1 rings (SSSR count). The van der Waals surface area contributed by atoms with E-state index in [0.29, 0.717) is 0 Å². The summed E-state index contributed by atoms with van der Waals surface area (Å²) in [7, 11) is -0.285. The van der Waals surface area contributed by atoms with Crippen molar-refractivity contribution in [3.63, 3.8) is 0 Å². The number of hydrogen-bond donors (Lipinski definition) is 2. The topological polar surface area (TPSA) is 76.0 Å². The summed E-state index contributed by atoms with van der Waals surface area (Å²) in [6, 6.07) is 3.57. The van der Waals surface area contributed by atoms with Gasteiger partial charge in [0.05, 0.1) is 23.9 Å². The molecule has 0 spiro atoms. The fraction of sp³-hybridized carbons (Fsp3) is 0.500. The second-order valence-electron chi connectivity index (χ2n) is 5.77. The van der Waals surface area contributed by atoms with Crippen LogP contribution < -0.4 is 5.46 Å². The molecule has 116 valence electrons. The van der Waals surface area contributed by atoms with Crippen LogP contribution in [0.2, 0.25) is 0 Å². The quantitative estimate of drug-likeness (QED) is 0.623. The highest BCUT2D eigenvalue weighted by atomic mass is 19.1. The molecule has 0 radical (unpaired) electrons. The van der Waals surface area contributed by atoms with Gasteiger partial charge in [-0.25, -0.2) is 9.18 Å². The number of aliphatic hydroxyl groups is 1. The second-order valence-corrected chi connectivity index (χ2v) is 5.77. The Labute approximate surface area is 123 Å². The Balaban J connectivity index is 2.97. The summed E-state index contributed by atoms with van der Waals surface area (Å²) < 4.78 is 23.6. The average Bonchev–Trinajstić information content (AvgIpc) is 2.35. The van der Waals surface area contributed by atoms with Crippen LogP contribution in [0.25, 0.3) is 0 Å². The Morgan fingerprint density at radius 3 is 2.29 bits per heavy atom. The molecule has 1 aromatic carbocycles. The molecule has 2 N–H and O–H groups in total. The highest BCUT2D eigenvalue weighted by molar-refractivity contribution is 6.60. The first-order valence-electron chi connectivity index (χ1n) is 6.45. The average molecular weight is 298 g/mol. The Morgan fingerprint density at radius 1 is 1.29 bits per heavy atom. The van der Waals surface area contributed by atoms with E-state index < -0.39 is 30.1 Å². The number of benzene rings is 1. The molecule has 0 atom stereocenters. The molecule has 0 aliphatic carbocycles. The lowest BCUT2D eigenvalue weighted by molar-refractivity contribution is -0.0982. The Bertz CT molecular complexity index is 525. The van der Waals surface area contributed by atoms with E-state index in [1.165, 1.54) is 12.1 Å². The van der Waals surface area contributed by atoms with Gasteiger partial charge in [0.2, 0.25) is 0 Å². The van der Waals surface area contributed by atoms with Gasteiger partial charge >= 0.3 is 13.1 Å². The van der Waals surface area contributed by atoms with Crippen molar-refractivity contribution < 1.29 is 28.7 Å². The summed E-state index contributed by atoms with van der Waals surface area (Å²) in [5, 5.41) is 20.0. The molecule has 0 fully saturated rings. The third-order valence-electron chi connectivity index (χ3n) is 3.56. The van der Waals surface area contributed by atoms with E-state index in [1.807, 2.05) is 0 Å². The SMILES string of the molecule is COC(=O)c1ccc(B(O)OC(C)(C)C(C)(C)O)cc1F. The van der Waals surface area contributed by atoms with Crippen molar-refractivity contribution in [2.24, 2.45) is 0 Å². The monoisotopic (exact) mass is 298 g/mol. The van der Waals surface area contributed by atoms with Gasteiger partial charge in [0.25, 0.3) is 0 Å². The van der Waals surface area contributed by atoms with Crippen molar-refractivity contribution in [3.05, 3.63) is 29.6 Å². The van der Waals surface area contributed by atoms with E-state index in [0.717, 1.165) is 13.2 Å². The van der Waals surface area contributed by atoms with E-state index in [1.54, 1.807) is 27.7 Å². The van der Waals surface area contributed by atoms with Gasteiger partial charge in [0.15, 0.2) is 0 Å². The van der Waals surface area contributed by atoms with Gasteiger partial charge in [-0.05, 0) is 45.3 Å². The fourth-order valence-corrected chi connectivity index (χ4v) is 1.45. The van der Waals surface area contributed by atoms with E-state index in [-0.39, 0.29) is 11.0 Å². The minimum absolute atomic E-state index is 0.137. The van der Waals surface area contributed by atoms with Crippen molar-refractivity contribution in [2.75, 3.05) is 7.11 Å². The molecule has 0 heterocycles. The Morgan fingerprint density at radius 2 is 1.86 bits per heavy atom. The molecule has 21 heavy (non-hydrogen) atoms. The summed E-state index contributed by atoms with van der Waals surface area (Å²) in [5.74, 6) is -1.62. The molecule has 0 saturated carbocycles. The number of carbonyl (C=O) groups excluding carboxylic acids is 1. The van der Waals surface area contributed by atoms with Crippen LogP contribution in [0.1, 0.15) is 38.1 Å². The van der Waals surface area contributed by atoms with Crippen LogP contribution in [-0.4, -0.2) is 41.5 Å². The molecular formula is C14H20BFO5. The predicted molar refractivity (Wildman–Crippen MR) is 76.8 cm³/mol. The smallest absolute Gasteiger partial charge is 0.465 e. The van der Waals surface area contributed by atoms with E-state index >= 15 is 0 Å². The largest absolute Gasteiger partial charge is 0.491 e. The number of hydrogen-bond acceptors (Lipinski definition) is 5. The third-order valence-corrected chi connectivity index (χ3v) is 3.56. The zero-order valence-corrected chi connectivity index (χ0v) is 12.8. The molecule has 5 nitrogen and oxygen atoms in total. The lowest BCUT2D eigenvalue weighted by Gasteiger charge is -2.38. The van der Waals surface area contributed by atoms with Gasteiger partial charge in [-0.2, -0.15) is 0 Å². The maximum Gasteiger partial charge on any atom is 0.491 e. The van der Waals surface area contributed by atoms with Gasteiger partial charge in [-0.1, -0.05) is 6.07 Å². The third kappa shape index (κ3) is 4.03.